The fraction of sp³-hybridized carbons (Fsp3) is 0.462. The van der Waals surface area contributed by atoms with Crippen LogP contribution in [0.25, 0.3) is 17.4 Å². The van der Waals surface area contributed by atoms with E-state index in [1.165, 1.54) is 10.6 Å². The number of morpholine rings is 1. The molecule has 15 heteroatoms. The van der Waals surface area contributed by atoms with Crippen LogP contribution in [0.15, 0.2) is 34.9 Å². The van der Waals surface area contributed by atoms with Crippen LogP contribution in [-0.2, 0) is 4.74 Å². The fourth-order valence-electron chi connectivity index (χ4n) is 4.86. The van der Waals surface area contributed by atoms with Crippen LogP contribution in [0.2, 0.25) is 0 Å². The Balaban J connectivity index is 1.03. The van der Waals surface area contributed by atoms with E-state index in [2.05, 4.69) is 30.3 Å². The lowest BCUT2D eigenvalue weighted by Gasteiger charge is -2.37. The number of fused-ring (bicyclic) bond motifs is 1. The number of ether oxygens (including phenoxy) is 2. The highest BCUT2D eigenvalue weighted by atomic mass is 19.1. The topological polar surface area (TPSA) is 135 Å². The van der Waals surface area contributed by atoms with Gasteiger partial charge in [0.15, 0.2) is 17.3 Å². The molecule has 218 valence electrons. The van der Waals surface area contributed by atoms with Gasteiger partial charge in [0, 0.05) is 71.5 Å². The van der Waals surface area contributed by atoms with Crippen molar-refractivity contribution in [1.82, 2.24) is 34.8 Å². The van der Waals surface area contributed by atoms with E-state index in [9.17, 15) is 8.78 Å². The highest BCUT2D eigenvalue weighted by Gasteiger charge is 2.23. The van der Waals surface area contributed by atoms with Crippen LogP contribution in [0.1, 0.15) is 0 Å². The third-order valence-corrected chi connectivity index (χ3v) is 7.20. The highest BCUT2D eigenvalue weighted by molar-refractivity contribution is 5.54. The zero-order chi connectivity index (χ0) is 28.3. The first-order chi connectivity index (χ1) is 19.9. The number of nitrogen functional groups attached to an aromatic ring is 1. The van der Waals surface area contributed by atoms with E-state index in [0.717, 1.165) is 19.2 Å². The molecule has 0 bridgehead atoms. The third kappa shape index (κ3) is 6.01. The van der Waals surface area contributed by atoms with Crippen molar-refractivity contribution in [3.05, 3.63) is 42.2 Å². The summed E-state index contributed by atoms with van der Waals surface area (Å²) >= 11 is 0. The zero-order valence-electron chi connectivity index (χ0n) is 22.7. The number of anilines is 3. The van der Waals surface area contributed by atoms with Crippen LogP contribution in [0.3, 0.4) is 0 Å². The van der Waals surface area contributed by atoms with Crippen molar-refractivity contribution in [3.63, 3.8) is 0 Å². The summed E-state index contributed by atoms with van der Waals surface area (Å²) in [7, 11) is 1.88. The summed E-state index contributed by atoms with van der Waals surface area (Å²) in [6.07, 6.45) is 1.38. The van der Waals surface area contributed by atoms with Gasteiger partial charge in [0.2, 0.25) is 17.7 Å². The van der Waals surface area contributed by atoms with E-state index in [0.29, 0.717) is 74.9 Å². The number of hydrogen-bond donors (Lipinski definition) is 2. The second-order valence-corrected chi connectivity index (χ2v) is 10.00. The molecule has 2 aliphatic heterocycles. The maximum Gasteiger partial charge on any atom is 0.259 e. The molecule has 2 fully saturated rings. The Labute approximate surface area is 234 Å². The van der Waals surface area contributed by atoms with Crippen LogP contribution in [-0.4, -0.2) is 108 Å². The first-order valence-corrected chi connectivity index (χ1v) is 13.5. The highest BCUT2D eigenvalue weighted by Crippen LogP contribution is 2.29. The Morgan fingerprint density at radius 1 is 1.15 bits per heavy atom. The van der Waals surface area contributed by atoms with Crippen molar-refractivity contribution in [1.29, 1.82) is 0 Å². The summed E-state index contributed by atoms with van der Waals surface area (Å²) in [6.45, 7) is 6.16. The Hall–Kier alpha value is -4.08. The summed E-state index contributed by atoms with van der Waals surface area (Å²) in [5.74, 6) is 0.520. The largest absolute Gasteiger partial charge is 0.488 e. The van der Waals surface area contributed by atoms with E-state index < -0.39 is 11.6 Å². The number of aromatic nitrogens is 5. The minimum Gasteiger partial charge on any atom is -0.488 e. The fourth-order valence-corrected chi connectivity index (χ4v) is 4.86. The molecule has 0 saturated carbocycles. The van der Waals surface area contributed by atoms with Crippen molar-refractivity contribution in [3.8, 4) is 17.3 Å². The molecule has 0 radical (unpaired) electrons. The Kier molecular flexibility index (Phi) is 7.80. The minimum atomic E-state index is -0.721. The van der Waals surface area contributed by atoms with Gasteiger partial charge in [0.05, 0.1) is 18.6 Å². The van der Waals surface area contributed by atoms with Gasteiger partial charge in [0.25, 0.3) is 5.78 Å². The maximum atomic E-state index is 14.7. The number of halogens is 2. The number of nitrogens with one attached hydrogen (secondary N) is 1. The molecule has 41 heavy (non-hydrogen) atoms. The second-order valence-electron chi connectivity index (χ2n) is 10.00. The third-order valence-electron chi connectivity index (χ3n) is 7.20. The normalized spacial score (nSPS) is 18.2. The summed E-state index contributed by atoms with van der Waals surface area (Å²) in [6, 6.07) is 5.85. The number of rotatable bonds is 9. The molecule has 5 heterocycles. The van der Waals surface area contributed by atoms with Crippen LogP contribution in [0.5, 0.6) is 5.75 Å². The van der Waals surface area contributed by atoms with Gasteiger partial charge >= 0.3 is 0 Å². The van der Waals surface area contributed by atoms with Crippen LogP contribution in [0.4, 0.5) is 26.4 Å². The van der Waals surface area contributed by atoms with Gasteiger partial charge in [-0.1, -0.05) is 0 Å². The quantitative estimate of drug-likeness (QED) is 0.300. The van der Waals surface area contributed by atoms with Crippen molar-refractivity contribution in [2.24, 2.45) is 0 Å². The van der Waals surface area contributed by atoms with E-state index in [4.69, 9.17) is 19.6 Å². The Morgan fingerprint density at radius 3 is 2.76 bits per heavy atom. The first-order valence-electron chi connectivity index (χ1n) is 13.5. The molecule has 3 N–H and O–H groups in total. The van der Waals surface area contributed by atoms with Crippen molar-refractivity contribution >= 4 is 23.4 Å². The van der Waals surface area contributed by atoms with Crippen molar-refractivity contribution in [2.75, 3.05) is 88.2 Å². The Morgan fingerprint density at radius 2 is 2.00 bits per heavy atom. The maximum absolute atomic E-state index is 14.7. The molecule has 13 nitrogen and oxygen atoms in total. The number of hydrogen-bond acceptors (Lipinski definition) is 12. The van der Waals surface area contributed by atoms with E-state index in [-0.39, 0.29) is 24.4 Å². The summed E-state index contributed by atoms with van der Waals surface area (Å²) in [5.41, 5.74) is 6.46. The van der Waals surface area contributed by atoms with Gasteiger partial charge in [-0.25, -0.2) is 8.78 Å². The molecule has 1 atom stereocenters. The van der Waals surface area contributed by atoms with Gasteiger partial charge in [0.1, 0.15) is 18.5 Å². The predicted molar refractivity (Wildman–Crippen MR) is 147 cm³/mol. The Bertz CT molecular complexity index is 1470. The first kappa shape index (κ1) is 27.1. The standard InChI is InChI=1S/C26H32F2N10O3/c1-35(25-32-24(29)38-26(33-25)31-23(34-38)21-3-2-11-40-21)5-6-36-7-9-37(10-8-36)20-14-22(19(28)13-18(20)27)41-16-17-15-30-4-12-39-17/h2-3,11,13-14,17,30H,4-10,12,15-16H2,1H3,(H2,29,31,32,33,34). The van der Waals surface area contributed by atoms with E-state index in [1.54, 1.807) is 18.4 Å². The number of piperazine rings is 1. The molecule has 6 rings (SSSR count). The molecule has 0 aliphatic carbocycles. The van der Waals surface area contributed by atoms with Gasteiger partial charge in [-0.3, -0.25) is 4.90 Å². The van der Waals surface area contributed by atoms with E-state index >= 15 is 0 Å². The number of nitrogens with zero attached hydrogens (tertiary/aromatic N) is 8. The van der Waals surface area contributed by atoms with Gasteiger partial charge in [-0.15, -0.1) is 5.10 Å². The second kappa shape index (κ2) is 11.8. The molecule has 0 amide bonds. The molecular formula is C26H32F2N10O3. The molecule has 1 aromatic carbocycles. The SMILES string of the molecule is CN(CCN1CCN(c2cc(OCC3CNCCO3)c(F)cc2F)CC1)c1nc(N)n2nc(-c3ccco3)nc2n1. The average molecular weight is 571 g/mol. The summed E-state index contributed by atoms with van der Waals surface area (Å²) in [5, 5.41) is 7.53. The van der Waals surface area contributed by atoms with E-state index in [1.807, 2.05) is 16.8 Å². The van der Waals surface area contributed by atoms with Gasteiger partial charge < -0.3 is 34.7 Å². The van der Waals surface area contributed by atoms with Gasteiger partial charge in [-0.2, -0.15) is 19.5 Å². The molecule has 0 spiro atoms. The van der Waals surface area contributed by atoms with Crippen LogP contribution >= 0.6 is 0 Å². The number of nitrogens with two attached hydrogens (primary N) is 1. The lowest BCUT2D eigenvalue weighted by atomic mass is 10.2. The van der Waals surface area contributed by atoms with Crippen molar-refractivity contribution < 1.29 is 22.7 Å². The summed E-state index contributed by atoms with van der Waals surface area (Å²) in [4.78, 5) is 19.4. The number of benzene rings is 1. The monoisotopic (exact) mass is 570 g/mol. The lowest BCUT2D eigenvalue weighted by Crippen LogP contribution is -2.48. The van der Waals surface area contributed by atoms with Gasteiger partial charge in [-0.05, 0) is 12.1 Å². The molecule has 4 aromatic rings. The molecule has 3 aromatic heterocycles. The van der Waals surface area contributed by atoms with Crippen LogP contribution in [0, 0.1) is 11.6 Å². The predicted octanol–water partition coefficient (Wildman–Crippen LogP) is 1.27. The smallest absolute Gasteiger partial charge is 0.259 e. The lowest BCUT2D eigenvalue weighted by molar-refractivity contribution is -0.000550. The molecular weight excluding hydrogens is 538 g/mol. The molecule has 1 unspecified atom stereocenters. The zero-order valence-corrected chi connectivity index (χ0v) is 22.7. The van der Waals surface area contributed by atoms with Crippen molar-refractivity contribution in [2.45, 2.75) is 6.10 Å². The number of furan rings is 1. The minimum absolute atomic E-state index is 0.0276. The molecule has 2 aliphatic rings. The average Bonchev–Trinajstić information content (AvgIpc) is 3.67. The summed E-state index contributed by atoms with van der Waals surface area (Å²) < 4.78 is 47.2. The number of likely N-dealkylation sites (N-methyl/N-ethyl adjacent to an activating group) is 1. The van der Waals surface area contributed by atoms with Crippen LogP contribution < -0.4 is 25.6 Å². The molecule has 2 saturated heterocycles.